The Morgan fingerprint density at radius 2 is 1.83 bits per heavy atom. The number of halogens is 1. The van der Waals surface area contributed by atoms with Crippen LogP contribution >= 0.6 is 11.6 Å². The fraction of sp³-hybridized carbons (Fsp3) is 0.632. The smallest absolute Gasteiger partial charge is 0.227 e. The molecule has 3 nitrogen and oxygen atoms in total. The van der Waals surface area contributed by atoms with Crippen LogP contribution in [0.4, 0.5) is 0 Å². The minimum Gasteiger partial charge on any atom is -0.342 e. The van der Waals surface area contributed by atoms with E-state index in [-0.39, 0.29) is 5.92 Å². The third-order valence-electron chi connectivity index (χ3n) is 6.27. The molecule has 0 aliphatic carbocycles. The van der Waals surface area contributed by atoms with Gasteiger partial charge in [-0.1, -0.05) is 23.7 Å². The van der Waals surface area contributed by atoms with Gasteiger partial charge in [0.25, 0.3) is 0 Å². The van der Waals surface area contributed by atoms with Gasteiger partial charge in [0.2, 0.25) is 5.91 Å². The Bertz CT molecular complexity index is 582. The first-order valence-corrected chi connectivity index (χ1v) is 9.29. The van der Waals surface area contributed by atoms with Gasteiger partial charge in [-0.3, -0.25) is 9.69 Å². The lowest BCUT2D eigenvalue weighted by Gasteiger charge is -2.43. The average molecular weight is 333 g/mol. The van der Waals surface area contributed by atoms with Gasteiger partial charge < -0.3 is 4.90 Å². The zero-order chi connectivity index (χ0) is 16.0. The van der Waals surface area contributed by atoms with Gasteiger partial charge in [0, 0.05) is 30.2 Å². The van der Waals surface area contributed by atoms with E-state index >= 15 is 0 Å². The van der Waals surface area contributed by atoms with Crippen LogP contribution in [0.1, 0.15) is 43.6 Å². The summed E-state index contributed by atoms with van der Waals surface area (Å²) in [6.07, 6.45) is 5.81. The highest BCUT2D eigenvalue weighted by molar-refractivity contribution is 6.30. The molecule has 3 saturated heterocycles. The van der Waals surface area contributed by atoms with E-state index in [1.54, 1.807) is 0 Å². The third-order valence-corrected chi connectivity index (χ3v) is 6.52. The number of amides is 1. The molecule has 4 atom stereocenters. The van der Waals surface area contributed by atoms with E-state index in [0.29, 0.717) is 23.9 Å². The van der Waals surface area contributed by atoms with Crippen LogP contribution in [0.15, 0.2) is 24.3 Å². The predicted octanol–water partition coefficient (Wildman–Crippen LogP) is 3.53. The molecule has 1 amide bonds. The molecule has 0 saturated carbocycles. The van der Waals surface area contributed by atoms with Gasteiger partial charge in [-0.15, -0.1) is 0 Å². The number of likely N-dealkylation sites (tertiary alicyclic amines) is 1. The van der Waals surface area contributed by atoms with E-state index in [9.17, 15) is 4.79 Å². The van der Waals surface area contributed by atoms with Crippen molar-refractivity contribution in [1.29, 1.82) is 0 Å². The molecule has 1 aromatic carbocycles. The molecule has 4 rings (SSSR count). The summed E-state index contributed by atoms with van der Waals surface area (Å²) in [6, 6.07) is 9.22. The molecule has 3 heterocycles. The quantitative estimate of drug-likeness (QED) is 0.827. The molecule has 23 heavy (non-hydrogen) atoms. The molecular formula is C19H25ClN2O. The SMILES string of the molecule is CN1C2CCC1C(C(=O)N1CCCC1)C(c1ccc(Cl)cc1)C2. The van der Waals surface area contributed by atoms with Crippen LogP contribution in [-0.4, -0.2) is 47.9 Å². The van der Waals surface area contributed by atoms with Crippen LogP contribution in [0.3, 0.4) is 0 Å². The van der Waals surface area contributed by atoms with Crippen LogP contribution < -0.4 is 0 Å². The molecule has 4 unspecified atom stereocenters. The number of carbonyl (C=O) groups is 1. The summed E-state index contributed by atoms with van der Waals surface area (Å²) < 4.78 is 0. The molecule has 4 heteroatoms. The summed E-state index contributed by atoms with van der Waals surface area (Å²) in [4.78, 5) is 17.8. The lowest BCUT2D eigenvalue weighted by molar-refractivity contribution is -0.139. The normalized spacial score (nSPS) is 34.1. The van der Waals surface area contributed by atoms with Gasteiger partial charge in [-0.25, -0.2) is 0 Å². The lowest BCUT2D eigenvalue weighted by Crippen LogP contribution is -2.52. The Morgan fingerprint density at radius 3 is 2.52 bits per heavy atom. The van der Waals surface area contributed by atoms with Crippen molar-refractivity contribution in [2.75, 3.05) is 20.1 Å². The summed E-state index contributed by atoms with van der Waals surface area (Å²) in [5.74, 6) is 0.840. The number of hydrogen-bond donors (Lipinski definition) is 0. The Balaban J connectivity index is 1.67. The van der Waals surface area contributed by atoms with Crippen molar-refractivity contribution in [3.05, 3.63) is 34.9 Å². The van der Waals surface area contributed by atoms with Crippen molar-refractivity contribution in [1.82, 2.24) is 9.80 Å². The minimum absolute atomic E-state index is 0.109. The van der Waals surface area contributed by atoms with Crippen molar-refractivity contribution in [2.45, 2.75) is 50.1 Å². The number of carbonyl (C=O) groups excluding carboxylic acids is 1. The summed E-state index contributed by atoms with van der Waals surface area (Å²) in [7, 11) is 2.21. The fourth-order valence-corrected chi connectivity index (χ4v) is 5.13. The highest BCUT2D eigenvalue weighted by atomic mass is 35.5. The standard InChI is InChI=1S/C19H25ClN2O/c1-21-15-8-9-17(21)18(19(23)22-10-2-3-11-22)16(12-15)13-4-6-14(20)7-5-13/h4-7,15-18H,2-3,8-12H2,1H3. The van der Waals surface area contributed by atoms with E-state index in [1.165, 1.54) is 12.0 Å². The number of hydrogen-bond acceptors (Lipinski definition) is 2. The monoisotopic (exact) mass is 332 g/mol. The van der Waals surface area contributed by atoms with Gasteiger partial charge in [0.15, 0.2) is 0 Å². The number of piperidine rings is 1. The Labute approximate surface area is 143 Å². The molecular weight excluding hydrogens is 308 g/mol. The van der Waals surface area contributed by atoms with E-state index in [1.807, 2.05) is 12.1 Å². The molecule has 2 bridgehead atoms. The second-order valence-corrected chi connectivity index (χ2v) is 7.85. The topological polar surface area (TPSA) is 23.6 Å². The average Bonchev–Trinajstić information content (AvgIpc) is 3.15. The van der Waals surface area contributed by atoms with E-state index in [0.717, 1.165) is 43.8 Å². The van der Waals surface area contributed by atoms with Gasteiger partial charge >= 0.3 is 0 Å². The van der Waals surface area contributed by atoms with Crippen molar-refractivity contribution in [2.24, 2.45) is 5.92 Å². The second kappa shape index (κ2) is 6.10. The number of fused-ring (bicyclic) bond motifs is 2. The summed E-state index contributed by atoms with van der Waals surface area (Å²) >= 11 is 6.06. The number of nitrogens with zero attached hydrogens (tertiary/aromatic N) is 2. The van der Waals surface area contributed by atoms with Crippen molar-refractivity contribution >= 4 is 17.5 Å². The fourth-order valence-electron chi connectivity index (χ4n) is 5.00. The molecule has 3 aliphatic rings. The Hall–Kier alpha value is -1.06. The van der Waals surface area contributed by atoms with E-state index in [4.69, 9.17) is 11.6 Å². The molecule has 1 aromatic rings. The first-order valence-electron chi connectivity index (χ1n) is 8.91. The maximum atomic E-state index is 13.3. The molecule has 3 aliphatic heterocycles. The van der Waals surface area contributed by atoms with Gasteiger partial charge in [-0.2, -0.15) is 0 Å². The minimum atomic E-state index is 0.109. The van der Waals surface area contributed by atoms with Crippen LogP contribution in [-0.2, 0) is 4.79 Å². The molecule has 0 radical (unpaired) electrons. The van der Waals surface area contributed by atoms with Crippen LogP contribution in [0.5, 0.6) is 0 Å². The third kappa shape index (κ3) is 2.68. The molecule has 0 N–H and O–H groups in total. The zero-order valence-corrected chi connectivity index (χ0v) is 14.5. The van der Waals surface area contributed by atoms with Gasteiger partial charge in [-0.05, 0) is 62.8 Å². The number of benzene rings is 1. The maximum absolute atomic E-state index is 13.3. The highest BCUT2D eigenvalue weighted by Crippen LogP contribution is 2.47. The zero-order valence-electron chi connectivity index (χ0n) is 13.7. The van der Waals surface area contributed by atoms with Crippen LogP contribution in [0, 0.1) is 5.92 Å². The first-order chi connectivity index (χ1) is 11.1. The summed E-state index contributed by atoms with van der Waals surface area (Å²) in [5, 5.41) is 0.770. The van der Waals surface area contributed by atoms with E-state index in [2.05, 4.69) is 29.0 Å². The molecule has 0 spiro atoms. The van der Waals surface area contributed by atoms with E-state index < -0.39 is 0 Å². The van der Waals surface area contributed by atoms with Crippen LogP contribution in [0.25, 0.3) is 0 Å². The summed E-state index contributed by atoms with van der Waals surface area (Å²) in [5.41, 5.74) is 1.29. The molecule has 124 valence electrons. The first kappa shape index (κ1) is 15.5. The largest absolute Gasteiger partial charge is 0.342 e. The van der Waals surface area contributed by atoms with Crippen molar-refractivity contribution in [3.8, 4) is 0 Å². The van der Waals surface area contributed by atoms with Crippen molar-refractivity contribution < 1.29 is 4.79 Å². The Morgan fingerprint density at radius 1 is 1.13 bits per heavy atom. The number of rotatable bonds is 2. The van der Waals surface area contributed by atoms with Crippen LogP contribution in [0.2, 0.25) is 5.02 Å². The Kier molecular flexibility index (Phi) is 4.10. The van der Waals surface area contributed by atoms with Gasteiger partial charge in [0.1, 0.15) is 0 Å². The molecule has 3 fully saturated rings. The molecule has 0 aromatic heterocycles. The van der Waals surface area contributed by atoms with Crippen molar-refractivity contribution in [3.63, 3.8) is 0 Å². The predicted molar refractivity (Wildman–Crippen MR) is 92.7 cm³/mol. The summed E-state index contributed by atoms with van der Waals surface area (Å²) in [6.45, 7) is 1.89. The maximum Gasteiger partial charge on any atom is 0.227 e. The lowest BCUT2D eigenvalue weighted by atomic mass is 9.75. The second-order valence-electron chi connectivity index (χ2n) is 7.42. The van der Waals surface area contributed by atoms with Gasteiger partial charge in [0.05, 0.1) is 5.92 Å². The highest BCUT2D eigenvalue weighted by Gasteiger charge is 2.50.